The minimum atomic E-state index is 0.561. The highest BCUT2D eigenvalue weighted by molar-refractivity contribution is 5.74. The summed E-state index contributed by atoms with van der Waals surface area (Å²) in [6, 6.07) is 15.6. The maximum absolute atomic E-state index is 9.80. The summed E-state index contributed by atoms with van der Waals surface area (Å²) in [7, 11) is 2.18. The van der Waals surface area contributed by atoms with Gasteiger partial charge in [-0.15, -0.1) is 0 Å². The third kappa shape index (κ3) is 4.50. The summed E-state index contributed by atoms with van der Waals surface area (Å²) in [5, 5.41) is 9.80. The quantitative estimate of drug-likeness (QED) is 0.750. The molecule has 0 spiro atoms. The molecule has 0 N–H and O–H groups in total. The van der Waals surface area contributed by atoms with E-state index in [0.717, 1.165) is 63.6 Å². The van der Waals surface area contributed by atoms with Crippen LogP contribution in [0.5, 0.6) is 0 Å². The second-order valence-corrected chi connectivity index (χ2v) is 9.23. The van der Waals surface area contributed by atoms with Crippen molar-refractivity contribution in [2.45, 2.75) is 26.7 Å². The molecule has 2 aliphatic rings. The molecule has 5 nitrogen and oxygen atoms in total. The first kappa shape index (κ1) is 21.5. The van der Waals surface area contributed by atoms with Gasteiger partial charge >= 0.3 is 0 Å². The molecule has 2 saturated heterocycles. The second-order valence-electron chi connectivity index (χ2n) is 9.23. The van der Waals surface area contributed by atoms with Crippen LogP contribution in [0.25, 0.3) is 0 Å². The van der Waals surface area contributed by atoms with Gasteiger partial charge in [0.2, 0.25) is 0 Å². The maximum Gasteiger partial charge on any atom is 0.101 e. The van der Waals surface area contributed by atoms with E-state index in [9.17, 15) is 5.26 Å². The smallest absolute Gasteiger partial charge is 0.101 e. The van der Waals surface area contributed by atoms with E-state index in [2.05, 4.69) is 83.8 Å². The van der Waals surface area contributed by atoms with Crippen molar-refractivity contribution in [1.29, 1.82) is 5.26 Å². The van der Waals surface area contributed by atoms with Crippen LogP contribution in [0.3, 0.4) is 0 Å². The summed E-state index contributed by atoms with van der Waals surface area (Å²) in [5.41, 5.74) is 7.15. The summed E-state index contributed by atoms with van der Waals surface area (Å²) < 4.78 is 0. The summed E-state index contributed by atoms with van der Waals surface area (Å²) in [6.45, 7) is 14.8. The Morgan fingerprint density at radius 3 is 1.94 bits per heavy atom. The molecule has 0 radical (unpaired) electrons. The molecule has 0 amide bonds. The lowest BCUT2D eigenvalue weighted by Gasteiger charge is -2.40. The highest BCUT2D eigenvalue weighted by atomic mass is 15.3. The maximum atomic E-state index is 9.80. The summed E-state index contributed by atoms with van der Waals surface area (Å²) in [5.74, 6) is 0.561. The van der Waals surface area contributed by atoms with Crippen molar-refractivity contribution in [2.75, 3.05) is 74.1 Å². The van der Waals surface area contributed by atoms with Crippen molar-refractivity contribution in [3.05, 3.63) is 53.1 Å². The summed E-state index contributed by atoms with van der Waals surface area (Å²) in [6.07, 6.45) is 0. The zero-order valence-electron chi connectivity index (χ0n) is 19.4. The lowest BCUT2D eigenvalue weighted by atomic mass is 10.0. The van der Waals surface area contributed by atoms with Crippen LogP contribution in [-0.4, -0.2) is 64.3 Å². The zero-order valence-corrected chi connectivity index (χ0v) is 19.4. The van der Waals surface area contributed by atoms with E-state index in [0.29, 0.717) is 5.92 Å². The molecule has 2 aromatic carbocycles. The highest BCUT2D eigenvalue weighted by Gasteiger charge is 2.24. The molecule has 164 valence electrons. The Bertz CT molecular complexity index is 928. The van der Waals surface area contributed by atoms with Crippen molar-refractivity contribution in [3.8, 4) is 6.07 Å². The van der Waals surface area contributed by atoms with E-state index in [1.54, 1.807) is 0 Å². The number of hydrogen-bond acceptors (Lipinski definition) is 5. The Balaban J connectivity index is 1.51. The van der Waals surface area contributed by atoms with Crippen molar-refractivity contribution in [1.82, 2.24) is 4.90 Å². The van der Waals surface area contributed by atoms with Gasteiger partial charge in [0.15, 0.2) is 0 Å². The number of rotatable bonds is 4. The molecule has 5 heteroatoms. The van der Waals surface area contributed by atoms with Gasteiger partial charge in [-0.05, 0) is 55.3 Å². The average molecular weight is 418 g/mol. The van der Waals surface area contributed by atoms with Gasteiger partial charge in [-0.1, -0.05) is 26.0 Å². The highest BCUT2D eigenvalue weighted by Crippen LogP contribution is 2.34. The van der Waals surface area contributed by atoms with Gasteiger partial charge in [0, 0.05) is 63.7 Å². The Hall–Kier alpha value is -2.71. The van der Waals surface area contributed by atoms with Crippen LogP contribution >= 0.6 is 0 Å². The third-order valence-electron chi connectivity index (χ3n) is 6.89. The monoisotopic (exact) mass is 417 g/mol. The van der Waals surface area contributed by atoms with Crippen LogP contribution in [0.1, 0.15) is 36.5 Å². The number of anilines is 3. The molecule has 2 aliphatic heterocycles. The van der Waals surface area contributed by atoms with Gasteiger partial charge in [-0.25, -0.2) is 0 Å². The minimum Gasteiger partial charge on any atom is -0.369 e. The summed E-state index contributed by atoms with van der Waals surface area (Å²) in [4.78, 5) is 9.74. The average Bonchev–Trinajstić information content (AvgIpc) is 2.80. The number of nitrogens with zero attached hydrogens (tertiary/aromatic N) is 5. The van der Waals surface area contributed by atoms with Crippen LogP contribution in [0, 0.1) is 18.3 Å². The Kier molecular flexibility index (Phi) is 6.38. The fraction of sp³-hybridized carbons (Fsp3) is 0.500. The van der Waals surface area contributed by atoms with Crippen molar-refractivity contribution < 1.29 is 0 Å². The minimum absolute atomic E-state index is 0.561. The predicted octanol–water partition coefficient (Wildman–Crippen LogP) is 4.07. The fourth-order valence-corrected chi connectivity index (χ4v) is 4.84. The molecule has 2 aromatic rings. The fourth-order valence-electron chi connectivity index (χ4n) is 4.84. The largest absolute Gasteiger partial charge is 0.369 e. The van der Waals surface area contributed by atoms with Gasteiger partial charge in [0.05, 0.1) is 11.3 Å². The first-order valence-corrected chi connectivity index (χ1v) is 11.5. The van der Waals surface area contributed by atoms with Crippen molar-refractivity contribution >= 4 is 17.1 Å². The number of benzene rings is 2. The van der Waals surface area contributed by atoms with Crippen LogP contribution in [0.15, 0.2) is 36.4 Å². The predicted molar refractivity (Wildman–Crippen MR) is 131 cm³/mol. The molecule has 4 rings (SSSR count). The zero-order chi connectivity index (χ0) is 22.0. The normalized spacial score (nSPS) is 17.9. The number of hydrogen-bond donors (Lipinski definition) is 0. The second kappa shape index (κ2) is 9.20. The first-order chi connectivity index (χ1) is 15.0. The Morgan fingerprint density at radius 2 is 1.35 bits per heavy atom. The van der Waals surface area contributed by atoms with E-state index in [-0.39, 0.29) is 0 Å². The number of likely N-dealkylation sites (N-methyl/N-ethyl adjacent to an activating group) is 1. The van der Waals surface area contributed by atoms with E-state index < -0.39 is 0 Å². The molecule has 0 atom stereocenters. The van der Waals surface area contributed by atoms with Gasteiger partial charge in [-0.3, -0.25) is 0 Å². The van der Waals surface area contributed by atoms with Crippen molar-refractivity contribution in [2.24, 2.45) is 0 Å². The topological polar surface area (TPSA) is 36.8 Å². The van der Waals surface area contributed by atoms with Crippen molar-refractivity contribution in [3.63, 3.8) is 0 Å². The van der Waals surface area contributed by atoms with Crippen LogP contribution in [-0.2, 0) is 0 Å². The Labute approximate surface area is 187 Å². The molecule has 2 heterocycles. The summed E-state index contributed by atoms with van der Waals surface area (Å²) >= 11 is 0. The molecular weight excluding hydrogens is 382 g/mol. The molecule has 0 unspecified atom stereocenters. The lowest BCUT2D eigenvalue weighted by Crippen LogP contribution is -2.47. The Morgan fingerprint density at radius 1 is 0.774 bits per heavy atom. The SMILES string of the molecule is Cc1c(N2CCN(C)CC2)ccc(C#N)c1N1CCN(c2ccc(C(C)C)cc2)CC1. The standard InChI is InChI=1S/C26H35N5/c1-20(2)22-5-8-24(9-6-22)29-15-17-31(18-16-29)26-21(3)25(10-7-23(26)19-27)30-13-11-28(4)12-14-30/h5-10,20H,11-18H2,1-4H3. The molecule has 0 bridgehead atoms. The van der Waals surface area contributed by atoms with Gasteiger partial charge in [-0.2, -0.15) is 5.26 Å². The number of piperazine rings is 2. The van der Waals surface area contributed by atoms with E-state index in [1.807, 2.05) is 6.07 Å². The molecular formula is C26H35N5. The van der Waals surface area contributed by atoms with E-state index >= 15 is 0 Å². The third-order valence-corrected chi connectivity index (χ3v) is 6.89. The van der Waals surface area contributed by atoms with Gasteiger partial charge in [0.25, 0.3) is 0 Å². The van der Waals surface area contributed by atoms with Gasteiger partial charge < -0.3 is 19.6 Å². The lowest BCUT2D eigenvalue weighted by molar-refractivity contribution is 0.312. The molecule has 31 heavy (non-hydrogen) atoms. The van der Waals surface area contributed by atoms with E-state index in [1.165, 1.54) is 22.5 Å². The first-order valence-electron chi connectivity index (χ1n) is 11.5. The molecule has 2 fully saturated rings. The molecule has 0 saturated carbocycles. The van der Waals surface area contributed by atoms with Crippen LogP contribution in [0.4, 0.5) is 17.1 Å². The molecule has 0 aliphatic carbocycles. The molecule has 0 aromatic heterocycles. The van der Waals surface area contributed by atoms with Crippen LogP contribution < -0.4 is 14.7 Å². The van der Waals surface area contributed by atoms with Crippen LogP contribution in [0.2, 0.25) is 0 Å². The number of nitriles is 1. The van der Waals surface area contributed by atoms with Gasteiger partial charge in [0.1, 0.15) is 6.07 Å². The van der Waals surface area contributed by atoms with E-state index in [4.69, 9.17) is 0 Å².